The lowest BCUT2D eigenvalue weighted by molar-refractivity contribution is 0.0954. The van der Waals surface area contributed by atoms with E-state index < -0.39 is 0 Å². The Bertz CT molecular complexity index is 834. The van der Waals surface area contributed by atoms with Gasteiger partial charge in [0.25, 0.3) is 5.91 Å². The fourth-order valence-electron chi connectivity index (χ4n) is 2.48. The number of imidazole rings is 1. The fraction of sp³-hybridized carbons (Fsp3) is 0.176. The minimum absolute atomic E-state index is 0.172. The van der Waals surface area contributed by atoms with E-state index in [4.69, 9.17) is 0 Å². The van der Waals surface area contributed by atoms with Crippen LogP contribution in [-0.4, -0.2) is 22.4 Å². The van der Waals surface area contributed by atoms with E-state index in [9.17, 15) is 9.59 Å². The van der Waals surface area contributed by atoms with Crippen molar-refractivity contribution in [3.8, 4) is 0 Å². The van der Waals surface area contributed by atoms with Gasteiger partial charge in [0.2, 0.25) is 0 Å². The molecule has 0 saturated carbocycles. The summed E-state index contributed by atoms with van der Waals surface area (Å²) in [6.07, 6.45) is 1.79. The lowest BCUT2D eigenvalue weighted by atomic mass is 10.1. The van der Waals surface area contributed by atoms with Gasteiger partial charge in [0, 0.05) is 6.54 Å². The van der Waals surface area contributed by atoms with Crippen molar-refractivity contribution in [1.29, 1.82) is 0 Å². The van der Waals surface area contributed by atoms with E-state index in [1.54, 1.807) is 18.2 Å². The Morgan fingerprint density at radius 1 is 1.00 bits per heavy atom. The molecule has 1 heterocycles. The molecule has 0 unspecified atom stereocenters. The third-order valence-corrected chi connectivity index (χ3v) is 3.57. The number of H-pyrrole nitrogens is 2. The summed E-state index contributed by atoms with van der Waals surface area (Å²) in [5.74, 6) is -0.172. The molecule has 0 aliphatic heterocycles. The standard InChI is InChI=1S/C17H17N3O2/c21-16(18-11-5-8-12-6-2-1-3-7-12)13-9-4-10-14-15(13)20-17(22)19-14/h1-4,6-7,9-10H,5,8,11H2,(H,18,21)(H2,19,20,22). The Kier molecular flexibility index (Phi) is 4.05. The van der Waals surface area contributed by atoms with Gasteiger partial charge in [-0.2, -0.15) is 0 Å². The Balaban J connectivity index is 1.60. The first kappa shape index (κ1) is 14.1. The van der Waals surface area contributed by atoms with Crippen molar-refractivity contribution >= 4 is 16.9 Å². The number of hydrogen-bond donors (Lipinski definition) is 3. The number of amides is 1. The molecule has 0 aliphatic carbocycles. The zero-order valence-corrected chi connectivity index (χ0v) is 12.1. The molecule has 0 saturated heterocycles. The lowest BCUT2D eigenvalue weighted by Crippen LogP contribution is -2.25. The van der Waals surface area contributed by atoms with E-state index in [1.165, 1.54) is 5.56 Å². The first-order valence-corrected chi connectivity index (χ1v) is 7.27. The summed E-state index contributed by atoms with van der Waals surface area (Å²) in [4.78, 5) is 28.9. The molecule has 0 radical (unpaired) electrons. The monoisotopic (exact) mass is 295 g/mol. The van der Waals surface area contributed by atoms with Crippen LogP contribution in [0.1, 0.15) is 22.3 Å². The van der Waals surface area contributed by atoms with Gasteiger partial charge in [0.1, 0.15) is 0 Å². The van der Waals surface area contributed by atoms with Crippen molar-refractivity contribution in [3.05, 3.63) is 70.1 Å². The number of carbonyl (C=O) groups is 1. The van der Waals surface area contributed by atoms with Crippen LogP contribution in [0.25, 0.3) is 11.0 Å². The second-order valence-corrected chi connectivity index (χ2v) is 5.15. The molecule has 3 N–H and O–H groups in total. The highest BCUT2D eigenvalue weighted by Crippen LogP contribution is 2.12. The van der Waals surface area contributed by atoms with Crippen molar-refractivity contribution < 1.29 is 4.79 Å². The van der Waals surface area contributed by atoms with Gasteiger partial charge in [-0.15, -0.1) is 0 Å². The fourth-order valence-corrected chi connectivity index (χ4v) is 2.48. The maximum absolute atomic E-state index is 12.2. The number of hydrogen-bond acceptors (Lipinski definition) is 2. The molecule has 5 nitrogen and oxygen atoms in total. The third-order valence-electron chi connectivity index (χ3n) is 3.57. The van der Waals surface area contributed by atoms with Crippen LogP contribution < -0.4 is 11.0 Å². The second kappa shape index (κ2) is 6.30. The Labute approximate surface area is 127 Å². The number of benzene rings is 2. The minimum atomic E-state index is -0.306. The number of aryl methyl sites for hydroxylation is 1. The van der Waals surface area contributed by atoms with Gasteiger partial charge in [-0.3, -0.25) is 4.79 Å². The predicted molar refractivity (Wildman–Crippen MR) is 86.0 cm³/mol. The largest absolute Gasteiger partial charge is 0.352 e. The first-order chi connectivity index (χ1) is 10.7. The number of carbonyl (C=O) groups excluding carboxylic acids is 1. The molecule has 112 valence electrons. The van der Waals surface area contributed by atoms with Crippen molar-refractivity contribution in [2.24, 2.45) is 0 Å². The molecule has 0 aliphatic rings. The van der Waals surface area contributed by atoms with E-state index in [2.05, 4.69) is 27.4 Å². The highest BCUT2D eigenvalue weighted by atomic mass is 16.2. The van der Waals surface area contributed by atoms with Crippen LogP contribution >= 0.6 is 0 Å². The summed E-state index contributed by atoms with van der Waals surface area (Å²) >= 11 is 0. The summed E-state index contributed by atoms with van der Waals surface area (Å²) < 4.78 is 0. The molecule has 0 spiro atoms. The number of aromatic amines is 2. The van der Waals surface area contributed by atoms with Crippen LogP contribution in [0.4, 0.5) is 0 Å². The quantitative estimate of drug-likeness (QED) is 0.631. The third kappa shape index (κ3) is 3.09. The maximum Gasteiger partial charge on any atom is 0.323 e. The van der Waals surface area contributed by atoms with Crippen LogP contribution in [-0.2, 0) is 6.42 Å². The molecular weight excluding hydrogens is 278 g/mol. The average Bonchev–Trinajstić information content (AvgIpc) is 2.92. The van der Waals surface area contributed by atoms with E-state index >= 15 is 0 Å². The molecule has 1 aromatic heterocycles. The molecule has 3 rings (SSSR count). The first-order valence-electron chi connectivity index (χ1n) is 7.27. The lowest BCUT2D eigenvalue weighted by Gasteiger charge is -2.06. The molecule has 2 aromatic carbocycles. The zero-order chi connectivity index (χ0) is 15.4. The van der Waals surface area contributed by atoms with Crippen molar-refractivity contribution in [2.75, 3.05) is 6.54 Å². The van der Waals surface area contributed by atoms with Gasteiger partial charge in [0.05, 0.1) is 16.6 Å². The smallest absolute Gasteiger partial charge is 0.323 e. The molecule has 5 heteroatoms. The molecule has 3 aromatic rings. The van der Waals surface area contributed by atoms with Crippen LogP contribution in [0.2, 0.25) is 0 Å². The van der Waals surface area contributed by atoms with Crippen LogP contribution in [0.5, 0.6) is 0 Å². The average molecular weight is 295 g/mol. The van der Waals surface area contributed by atoms with Gasteiger partial charge in [0.15, 0.2) is 0 Å². The van der Waals surface area contributed by atoms with E-state index in [-0.39, 0.29) is 11.6 Å². The van der Waals surface area contributed by atoms with E-state index in [0.29, 0.717) is 23.1 Å². The number of rotatable bonds is 5. The molecule has 22 heavy (non-hydrogen) atoms. The number of para-hydroxylation sites is 1. The SMILES string of the molecule is O=C(NCCCc1ccccc1)c1cccc2[nH]c(=O)[nH]c12. The molecule has 0 fully saturated rings. The van der Waals surface area contributed by atoms with Crippen molar-refractivity contribution in [1.82, 2.24) is 15.3 Å². The highest BCUT2D eigenvalue weighted by molar-refractivity contribution is 6.04. The van der Waals surface area contributed by atoms with E-state index in [0.717, 1.165) is 12.8 Å². The number of aromatic nitrogens is 2. The summed E-state index contributed by atoms with van der Waals surface area (Å²) in [6, 6.07) is 15.4. The number of fused-ring (bicyclic) bond motifs is 1. The van der Waals surface area contributed by atoms with Gasteiger partial charge in [-0.05, 0) is 30.5 Å². The summed E-state index contributed by atoms with van der Waals surface area (Å²) in [5, 5.41) is 2.90. The van der Waals surface area contributed by atoms with Crippen molar-refractivity contribution in [3.63, 3.8) is 0 Å². The topological polar surface area (TPSA) is 77.8 Å². The Morgan fingerprint density at radius 2 is 1.82 bits per heavy atom. The second-order valence-electron chi connectivity index (χ2n) is 5.15. The summed E-state index contributed by atoms with van der Waals surface area (Å²) in [6.45, 7) is 0.596. The van der Waals surface area contributed by atoms with E-state index in [1.807, 2.05) is 18.2 Å². The van der Waals surface area contributed by atoms with Gasteiger partial charge in [-0.25, -0.2) is 4.79 Å². The summed E-state index contributed by atoms with van der Waals surface area (Å²) in [5.41, 5.74) is 2.62. The number of nitrogens with one attached hydrogen (secondary N) is 3. The van der Waals surface area contributed by atoms with Crippen LogP contribution in [0.3, 0.4) is 0 Å². The minimum Gasteiger partial charge on any atom is -0.352 e. The maximum atomic E-state index is 12.2. The van der Waals surface area contributed by atoms with Gasteiger partial charge in [-0.1, -0.05) is 36.4 Å². The van der Waals surface area contributed by atoms with Crippen molar-refractivity contribution in [2.45, 2.75) is 12.8 Å². The highest BCUT2D eigenvalue weighted by Gasteiger charge is 2.11. The van der Waals surface area contributed by atoms with Crippen LogP contribution in [0.15, 0.2) is 53.3 Å². The van der Waals surface area contributed by atoms with Crippen LogP contribution in [0, 0.1) is 0 Å². The summed E-state index contributed by atoms with van der Waals surface area (Å²) in [7, 11) is 0. The predicted octanol–water partition coefficient (Wildman–Crippen LogP) is 2.22. The molecule has 0 bridgehead atoms. The Morgan fingerprint density at radius 3 is 2.64 bits per heavy atom. The molecule has 0 atom stereocenters. The molecule has 1 amide bonds. The zero-order valence-electron chi connectivity index (χ0n) is 12.1. The Hall–Kier alpha value is -2.82. The van der Waals surface area contributed by atoms with Gasteiger partial charge >= 0.3 is 5.69 Å². The van der Waals surface area contributed by atoms with Gasteiger partial charge < -0.3 is 15.3 Å². The molecular formula is C17H17N3O2. The normalized spacial score (nSPS) is 10.7.